The lowest BCUT2D eigenvalue weighted by Gasteiger charge is -2.34. The van der Waals surface area contributed by atoms with Gasteiger partial charge in [0.25, 0.3) is 5.91 Å². The van der Waals surface area contributed by atoms with E-state index < -0.39 is 11.5 Å². The number of rotatable bonds is 6. The normalized spacial score (nSPS) is 14.2. The molecule has 1 N–H and O–H groups in total. The van der Waals surface area contributed by atoms with Crippen molar-refractivity contribution in [3.05, 3.63) is 82.2 Å². The van der Waals surface area contributed by atoms with Crippen LogP contribution in [0.1, 0.15) is 22.8 Å². The van der Waals surface area contributed by atoms with Crippen LogP contribution in [0.15, 0.2) is 69.9 Å². The summed E-state index contributed by atoms with van der Waals surface area (Å²) in [6.07, 6.45) is 1.03. The summed E-state index contributed by atoms with van der Waals surface area (Å²) < 4.78 is 6.71. The Morgan fingerprint density at radius 1 is 1.03 bits per heavy atom. The Morgan fingerprint density at radius 3 is 2.66 bits per heavy atom. The van der Waals surface area contributed by atoms with Crippen LogP contribution in [0.2, 0.25) is 0 Å². The van der Waals surface area contributed by atoms with Gasteiger partial charge in [-0.05, 0) is 47.0 Å². The van der Waals surface area contributed by atoms with Gasteiger partial charge in [-0.25, -0.2) is 9.78 Å². The van der Waals surface area contributed by atoms with Crippen molar-refractivity contribution in [1.82, 2.24) is 15.2 Å². The number of carbonyl (C=O) groups excluding carboxylic acids is 1. The maximum Gasteiger partial charge on any atom is 0.349 e. The van der Waals surface area contributed by atoms with E-state index in [2.05, 4.69) is 40.2 Å². The molecule has 3 aromatic carbocycles. The lowest BCUT2D eigenvalue weighted by atomic mass is 10.0. The first-order valence-electron chi connectivity index (χ1n) is 12.7. The van der Waals surface area contributed by atoms with Gasteiger partial charge in [-0.1, -0.05) is 54.7 Å². The van der Waals surface area contributed by atoms with Gasteiger partial charge in [0, 0.05) is 44.7 Å². The summed E-state index contributed by atoms with van der Waals surface area (Å²) in [7, 11) is 0. The van der Waals surface area contributed by atoms with E-state index in [9.17, 15) is 9.59 Å². The standard InChI is InChI=1S/C29H28N4O3S.ClH/c1-2-19-7-9-24-26(17-19)37-29(31-24)33-15-13-32(14-16-33)12-11-30-27(34)23-18-22-21-6-4-3-5-20(21)8-10-25(22)36-28(23)35;/h3-10,17-18H,2,11-16H2,1H3,(H,30,34);1H. The fraction of sp³-hybridized carbons (Fsp3) is 0.276. The van der Waals surface area contributed by atoms with Crippen LogP contribution in [0, 0.1) is 0 Å². The number of aromatic nitrogens is 1. The zero-order valence-corrected chi connectivity index (χ0v) is 22.7. The molecule has 2 aromatic heterocycles. The molecule has 1 aliphatic rings. The summed E-state index contributed by atoms with van der Waals surface area (Å²) in [5.41, 5.74) is 2.31. The van der Waals surface area contributed by atoms with Crippen LogP contribution in [-0.2, 0) is 6.42 Å². The largest absolute Gasteiger partial charge is 0.422 e. The molecule has 5 aromatic rings. The minimum Gasteiger partial charge on any atom is -0.422 e. The molecule has 0 radical (unpaired) electrons. The fourth-order valence-electron chi connectivity index (χ4n) is 4.93. The molecule has 38 heavy (non-hydrogen) atoms. The Morgan fingerprint density at radius 2 is 1.84 bits per heavy atom. The average Bonchev–Trinajstić information content (AvgIpc) is 3.36. The van der Waals surface area contributed by atoms with E-state index in [-0.39, 0.29) is 18.0 Å². The highest BCUT2D eigenvalue weighted by Gasteiger charge is 2.20. The summed E-state index contributed by atoms with van der Waals surface area (Å²) in [6.45, 7) is 6.95. The van der Waals surface area contributed by atoms with Crippen LogP contribution in [0.25, 0.3) is 32.0 Å². The molecule has 3 heterocycles. The number of piperazine rings is 1. The third-order valence-electron chi connectivity index (χ3n) is 7.09. The number of carbonyl (C=O) groups is 1. The number of halogens is 1. The predicted octanol–water partition coefficient (Wildman–Crippen LogP) is 5.09. The average molecular weight is 549 g/mol. The number of nitrogens with one attached hydrogen (secondary N) is 1. The minimum atomic E-state index is -0.615. The SMILES string of the molecule is CCc1ccc2nc(N3CCN(CCNC(=O)c4cc5c(ccc6ccccc65)oc4=O)CC3)sc2c1.Cl. The van der Waals surface area contributed by atoms with Crippen molar-refractivity contribution in [2.24, 2.45) is 0 Å². The Hall–Kier alpha value is -3.46. The van der Waals surface area contributed by atoms with E-state index in [0.29, 0.717) is 12.1 Å². The molecule has 0 saturated carbocycles. The molecule has 0 aliphatic carbocycles. The number of amides is 1. The monoisotopic (exact) mass is 548 g/mol. The maximum absolute atomic E-state index is 12.9. The predicted molar refractivity (Wildman–Crippen MR) is 157 cm³/mol. The molecule has 0 spiro atoms. The van der Waals surface area contributed by atoms with Crippen molar-refractivity contribution >= 4 is 66.7 Å². The van der Waals surface area contributed by atoms with E-state index in [1.54, 1.807) is 23.5 Å². The summed E-state index contributed by atoms with van der Waals surface area (Å²) >= 11 is 1.76. The molecule has 1 fully saturated rings. The van der Waals surface area contributed by atoms with Gasteiger partial charge >= 0.3 is 5.63 Å². The van der Waals surface area contributed by atoms with Crippen LogP contribution in [0.5, 0.6) is 0 Å². The third-order valence-corrected chi connectivity index (χ3v) is 8.17. The highest BCUT2D eigenvalue weighted by atomic mass is 35.5. The molecular formula is C29H29ClN4O3S. The van der Waals surface area contributed by atoms with Crippen molar-refractivity contribution < 1.29 is 9.21 Å². The molecule has 1 saturated heterocycles. The number of benzene rings is 3. The Kier molecular flexibility index (Phi) is 7.65. The van der Waals surface area contributed by atoms with Crippen molar-refractivity contribution in [3.8, 4) is 0 Å². The highest BCUT2D eigenvalue weighted by molar-refractivity contribution is 7.22. The van der Waals surface area contributed by atoms with Gasteiger partial charge < -0.3 is 14.6 Å². The molecular weight excluding hydrogens is 520 g/mol. The van der Waals surface area contributed by atoms with E-state index >= 15 is 0 Å². The van der Waals surface area contributed by atoms with Gasteiger partial charge in [-0.2, -0.15) is 0 Å². The van der Waals surface area contributed by atoms with E-state index in [1.807, 2.05) is 30.3 Å². The van der Waals surface area contributed by atoms with Crippen molar-refractivity contribution in [3.63, 3.8) is 0 Å². The van der Waals surface area contributed by atoms with Crippen molar-refractivity contribution in [2.75, 3.05) is 44.2 Å². The van der Waals surface area contributed by atoms with Crippen molar-refractivity contribution in [2.45, 2.75) is 13.3 Å². The van der Waals surface area contributed by atoms with Crippen LogP contribution in [-0.4, -0.2) is 55.1 Å². The van der Waals surface area contributed by atoms with Gasteiger partial charge in [0.1, 0.15) is 11.1 Å². The second-order valence-corrected chi connectivity index (χ2v) is 10.4. The second kappa shape index (κ2) is 11.1. The fourth-order valence-corrected chi connectivity index (χ4v) is 6.01. The zero-order chi connectivity index (χ0) is 25.4. The number of hydrogen-bond acceptors (Lipinski definition) is 7. The quantitative estimate of drug-likeness (QED) is 0.235. The first-order chi connectivity index (χ1) is 18.1. The van der Waals surface area contributed by atoms with Gasteiger partial charge in [0.2, 0.25) is 0 Å². The molecule has 7 nitrogen and oxygen atoms in total. The maximum atomic E-state index is 12.9. The van der Waals surface area contributed by atoms with Gasteiger partial charge in [-0.3, -0.25) is 9.69 Å². The van der Waals surface area contributed by atoms with Crippen LogP contribution in [0.4, 0.5) is 5.13 Å². The third kappa shape index (κ3) is 5.12. The number of anilines is 1. The molecule has 0 atom stereocenters. The van der Waals surface area contributed by atoms with Crippen molar-refractivity contribution in [1.29, 1.82) is 0 Å². The zero-order valence-electron chi connectivity index (χ0n) is 21.1. The number of aryl methyl sites for hydroxylation is 1. The molecule has 196 valence electrons. The number of thiazole rings is 1. The number of hydrogen-bond donors (Lipinski definition) is 1. The van der Waals surface area contributed by atoms with Crippen LogP contribution < -0.4 is 15.8 Å². The lowest BCUT2D eigenvalue weighted by Crippen LogP contribution is -2.48. The summed E-state index contributed by atoms with van der Waals surface area (Å²) in [5, 5.41) is 6.73. The Balaban J connectivity index is 0.00000294. The molecule has 1 aliphatic heterocycles. The first kappa shape index (κ1) is 26.2. The molecule has 1 amide bonds. The van der Waals surface area contributed by atoms with Gasteiger partial charge in [0.05, 0.1) is 10.2 Å². The molecule has 0 unspecified atom stereocenters. The lowest BCUT2D eigenvalue weighted by molar-refractivity contribution is 0.0944. The van der Waals surface area contributed by atoms with E-state index in [0.717, 1.165) is 66.0 Å². The van der Waals surface area contributed by atoms with Crippen LogP contribution >= 0.6 is 23.7 Å². The first-order valence-corrected chi connectivity index (χ1v) is 13.5. The van der Waals surface area contributed by atoms with Crippen LogP contribution in [0.3, 0.4) is 0 Å². The van der Waals surface area contributed by atoms with Gasteiger partial charge in [0.15, 0.2) is 5.13 Å². The second-order valence-electron chi connectivity index (χ2n) is 9.38. The number of fused-ring (bicyclic) bond motifs is 4. The van der Waals surface area contributed by atoms with Gasteiger partial charge in [-0.15, -0.1) is 12.4 Å². The minimum absolute atomic E-state index is 0. The number of nitrogens with zero attached hydrogens (tertiary/aromatic N) is 3. The molecule has 9 heteroatoms. The highest BCUT2D eigenvalue weighted by Crippen LogP contribution is 2.30. The summed E-state index contributed by atoms with van der Waals surface area (Å²) in [5.74, 6) is -0.400. The molecule has 0 bridgehead atoms. The molecule has 6 rings (SSSR count). The van der Waals surface area contributed by atoms with E-state index in [4.69, 9.17) is 9.40 Å². The Bertz CT molecular complexity index is 1670. The summed E-state index contributed by atoms with van der Waals surface area (Å²) in [4.78, 5) is 34.9. The summed E-state index contributed by atoms with van der Waals surface area (Å²) in [6, 6.07) is 19.7. The smallest absolute Gasteiger partial charge is 0.349 e. The van der Waals surface area contributed by atoms with E-state index in [1.165, 1.54) is 10.3 Å². The topological polar surface area (TPSA) is 78.7 Å². The Labute approximate surface area is 230 Å².